The van der Waals surface area contributed by atoms with E-state index in [2.05, 4.69) is 11.0 Å². The van der Waals surface area contributed by atoms with E-state index in [0.717, 1.165) is 25.9 Å². The van der Waals surface area contributed by atoms with Gasteiger partial charge in [0.2, 0.25) is 0 Å². The van der Waals surface area contributed by atoms with Crippen LogP contribution in [0.3, 0.4) is 0 Å². The maximum atomic E-state index is 9.19. The maximum Gasteiger partial charge on any atom is 0.109 e. The lowest BCUT2D eigenvalue weighted by Crippen LogP contribution is -2.43. The Morgan fingerprint density at radius 2 is 1.58 bits per heavy atom. The highest BCUT2D eigenvalue weighted by Gasteiger charge is 2.40. The normalized spacial score (nSPS) is 28.9. The molecule has 66 valence electrons. The number of nitrogens with zero attached hydrogens (tertiary/aromatic N) is 2. The minimum absolute atomic E-state index is 0.0451. The van der Waals surface area contributed by atoms with E-state index in [0.29, 0.717) is 0 Å². The second kappa shape index (κ2) is 3.06. The quantitative estimate of drug-likeness (QED) is 0.592. The Labute approximate surface area is 74.2 Å². The van der Waals surface area contributed by atoms with Gasteiger partial charge in [-0.3, -0.25) is 4.90 Å². The lowest BCUT2D eigenvalue weighted by Gasteiger charge is -2.31. The fraction of sp³-hybridized carbons (Fsp3) is 0.900. The van der Waals surface area contributed by atoms with Gasteiger partial charge < -0.3 is 0 Å². The first-order chi connectivity index (χ1) is 5.87. The van der Waals surface area contributed by atoms with E-state index in [-0.39, 0.29) is 5.54 Å². The van der Waals surface area contributed by atoms with Crippen molar-refractivity contribution in [2.75, 3.05) is 13.1 Å². The molecule has 0 aromatic carbocycles. The number of hydrogen-bond acceptors (Lipinski definition) is 2. The number of rotatable bonds is 1. The average molecular weight is 164 g/mol. The third kappa shape index (κ3) is 1.13. The molecule has 0 spiro atoms. The molecule has 0 atom stereocenters. The molecule has 2 nitrogen and oxygen atoms in total. The topological polar surface area (TPSA) is 27.0 Å². The molecule has 2 rings (SSSR count). The fourth-order valence-electron chi connectivity index (χ4n) is 2.60. The monoisotopic (exact) mass is 164 g/mol. The Hall–Kier alpha value is -0.550. The molecule has 0 N–H and O–H groups in total. The van der Waals surface area contributed by atoms with Crippen molar-refractivity contribution in [2.45, 2.75) is 44.1 Å². The van der Waals surface area contributed by atoms with Crippen molar-refractivity contribution in [1.82, 2.24) is 4.90 Å². The van der Waals surface area contributed by atoms with Gasteiger partial charge in [-0.25, -0.2) is 0 Å². The Morgan fingerprint density at radius 1 is 1.00 bits per heavy atom. The summed E-state index contributed by atoms with van der Waals surface area (Å²) in [6.45, 7) is 2.32. The highest BCUT2D eigenvalue weighted by molar-refractivity contribution is 5.11. The molecule has 1 aliphatic heterocycles. The molecule has 1 saturated heterocycles. The highest BCUT2D eigenvalue weighted by Crippen LogP contribution is 2.36. The molecule has 2 aliphatic rings. The Bertz CT molecular complexity index is 192. The largest absolute Gasteiger partial charge is 0.286 e. The van der Waals surface area contributed by atoms with Gasteiger partial charge in [0.05, 0.1) is 6.07 Å². The standard InChI is InChI=1S/C10H16N2/c11-9-10(5-1-2-6-10)12-7-3-4-8-12/h1-8H2. The van der Waals surface area contributed by atoms with E-state index in [4.69, 9.17) is 0 Å². The lowest BCUT2D eigenvalue weighted by atomic mass is 9.98. The van der Waals surface area contributed by atoms with E-state index < -0.39 is 0 Å². The highest BCUT2D eigenvalue weighted by atomic mass is 15.2. The first kappa shape index (κ1) is 8.07. The van der Waals surface area contributed by atoms with E-state index in [1.165, 1.54) is 25.7 Å². The van der Waals surface area contributed by atoms with Gasteiger partial charge in [0.25, 0.3) is 0 Å². The van der Waals surface area contributed by atoms with E-state index in [1.54, 1.807) is 0 Å². The number of hydrogen-bond donors (Lipinski definition) is 0. The van der Waals surface area contributed by atoms with Crippen molar-refractivity contribution in [1.29, 1.82) is 5.26 Å². The van der Waals surface area contributed by atoms with E-state index in [1.807, 2.05) is 0 Å². The summed E-state index contributed by atoms with van der Waals surface area (Å²) in [6, 6.07) is 2.55. The molecule has 1 saturated carbocycles. The van der Waals surface area contributed by atoms with Crippen molar-refractivity contribution in [2.24, 2.45) is 0 Å². The van der Waals surface area contributed by atoms with Crippen LogP contribution in [0.1, 0.15) is 38.5 Å². The van der Waals surface area contributed by atoms with E-state index in [9.17, 15) is 5.26 Å². The van der Waals surface area contributed by atoms with Gasteiger partial charge in [-0.05, 0) is 38.8 Å². The first-order valence-corrected chi connectivity index (χ1v) is 5.04. The summed E-state index contributed by atoms with van der Waals surface area (Å²) in [5.74, 6) is 0. The predicted octanol–water partition coefficient (Wildman–Crippen LogP) is 1.92. The Kier molecular flexibility index (Phi) is 2.06. The van der Waals surface area contributed by atoms with Crippen LogP contribution in [0.25, 0.3) is 0 Å². The van der Waals surface area contributed by atoms with Crippen LogP contribution >= 0.6 is 0 Å². The number of nitriles is 1. The van der Waals surface area contributed by atoms with Gasteiger partial charge in [0.15, 0.2) is 0 Å². The zero-order valence-electron chi connectivity index (χ0n) is 7.55. The summed E-state index contributed by atoms with van der Waals surface area (Å²) >= 11 is 0. The van der Waals surface area contributed by atoms with Crippen LogP contribution in [0, 0.1) is 11.3 Å². The summed E-state index contributed by atoms with van der Waals surface area (Å²) in [5, 5.41) is 9.19. The molecular formula is C10H16N2. The van der Waals surface area contributed by atoms with Crippen LogP contribution in [0.5, 0.6) is 0 Å². The summed E-state index contributed by atoms with van der Waals surface area (Å²) in [4.78, 5) is 2.42. The van der Waals surface area contributed by atoms with Gasteiger partial charge in [0.1, 0.15) is 5.54 Å². The molecule has 0 aromatic rings. The summed E-state index contributed by atoms with van der Waals surface area (Å²) < 4.78 is 0. The molecular weight excluding hydrogens is 148 g/mol. The molecule has 0 unspecified atom stereocenters. The lowest BCUT2D eigenvalue weighted by molar-refractivity contribution is 0.179. The third-order valence-electron chi connectivity index (χ3n) is 3.35. The van der Waals surface area contributed by atoms with Gasteiger partial charge in [-0.15, -0.1) is 0 Å². The zero-order valence-corrected chi connectivity index (χ0v) is 7.55. The van der Waals surface area contributed by atoms with Crippen molar-refractivity contribution < 1.29 is 0 Å². The molecule has 0 bridgehead atoms. The van der Waals surface area contributed by atoms with Gasteiger partial charge >= 0.3 is 0 Å². The van der Waals surface area contributed by atoms with Crippen molar-refractivity contribution in [3.05, 3.63) is 0 Å². The molecule has 0 aromatic heterocycles. The van der Waals surface area contributed by atoms with Crippen LogP contribution in [0.2, 0.25) is 0 Å². The first-order valence-electron chi connectivity index (χ1n) is 5.04. The van der Waals surface area contributed by atoms with Crippen LogP contribution in [0.15, 0.2) is 0 Å². The molecule has 2 heteroatoms. The molecule has 1 aliphatic carbocycles. The maximum absolute atomic E-state index is 9.19. The van der Waals surface area contributed by atoms with Gasteiger partial charge in [-0.1, -0.05) is 12.8 Å². The molecule has 12 heavy (non-hydrogen) atoms. The number of likely N-dealkylation sites (tertiary alicyclic amines) is 1. The summed E-state index contributed by atoms with van der Waals surface area (Å²) in [5.41, 5.74) is -0.0451. The summed E-state index contributed by atoms with van der Waals surface area (Å²) in [6.07, 6.45) is 7.33. The van der Waals surface area contributed by atoms with Crippen LogP contribution in [-0.2, 0) is 0 Å². The minimum Gasteiger partial charge on any atom is -0.286 e. The molecule has 0 radical (unpaired) electrons. The van der Waals surface area contributed by atoms with E-state index >= 15 is 0 Å². The van der Waals surface area contributed by atoms with Gasteiger partial charge in [-0.2, -0.15) is 5.26 Å². The molecule has 2 fully saturated rings. The van der Waals surface area contributed by atoms with Gasteiger partial charge in [0, 0.05) is 0 Å². The van der Waals surface area contributed by atoms with Crippen LogP contribution in [-0.4, -0.2) is 23.5 Å². The van der Waals surface area contributed by atoms with Crippen molar-refractivity contribution in [3.8, 4) is 6.07 Å². The minimum atomic E-state index is -0.0451. The SMILES string of the molecule is N#CC1(N2CCCC2)CCCC1. The zero-order chi connectivity index (χ0) is 8.44. The predicted molar refractivity (Wildman–Crippen MR) is 47.6 cm³/mol. The second-order valence-electron chi connectivity index (χ2n) is 4.04. The molecule has 0 amide bonds. The van der Waals surface area contributed by atoms with Crippen molar-refractivity contribution in [3.63, 3.8) is 0 Å². The van der Waals surface area contributed by atoms with Crippen molar-refractivity contribution >= 4 is 0 Å². The fourth-order valence-corrected chi connectivity index (χ4v) is 2.60. The Morgan fingerprint density at radius 3 is 2.08 bits per heavy atom. The Balaban J connectivity index is 2.11. The van der Waals surface area contributed by atoms with Crippen LogP contribution in [0.4, 0.5) is 0 Å². The average Bonchev–Trinajstić information content (AvgIpc) is 2.76. The van der Waals surface area contributed by atoms with Crippen LogP contribution < -0.4 is 0 Å². The summed E-state index contributed by atoms with van der Waals surface area (Å²) in [7, 11) is 0. The second-order valence-corrected chi connectivity index (χ2v) is 4.04. The third-order valence-corrected chi connectivity index (χ3v) is 3.35. The molecule has 1 heterocycles. The smallest absolute Gasteiger partial charge is 0.109 e.